The third kappa shape index (κ3) is 2.83. The van der Waals surface area contributed by atoms with Crippen molar-refractivity contribution in [3.8, 4) is 29.1 Å². The normalized spacial score (nSPS) is 9.70. The maximum absolute atomic E-state index is 9.13. The summed E-state index contributed by atoms with van der Waals surface area (Å²) >= 11 is 0. The van der Waals surface area contributed by atoms with Gasteiger partial charge in [0, 0.05) is 6.07 Å². The fourth-order valence-corrected chi connectivity index (χ4v) is 1.78. The van der Waals surface area contributed by atoms with Crippen LogP contribution in [0.3, 0.4) is 0 Å². The molecule has 0 bridgehead atoms. The smallest absolute Gasteiger partial charge is 0.169 e. The minimum absolute atomic E-state index is 0.438. The van der Waals surface area contributed by atoms with E-state index in [1.807, 2.05) is 25.1 Å². The molecule has 0 aliphatic carbocycles. The summed E-state index contributed by atoms with van der Waals surface area (Å²) < 4.78 is 16.2. The van der Waals surface area contributed by atoms with Gasteiger partial charge in [0.05, 0.1) is 19.8 Å². The fourth-order valence-electron chi connectivity index (χ4n) is 1.78. The van der Waals surface area contributed by atoms with Crippen molar-refractivity contribution < 1.29 is 14.2 Å². The minimum Gasteiger partial charge on any atom is -0.497 e. The molecule has 0 aliphatic heterocycles. The van der Waals surface area contributed by atoms with Crippen molar-refractivity contribution in [1.29, 1.82) is 5.26 Å². The Morgan fingerprint density at radius 3 is 2.35 bits per heavy atom. The SMILES string of the molecule is COc1ccc(C#N)c(Oc2ccc(C)cc2OC)c1. The highest BCUT2D eigenvalue weighted by atomic mass is 16.5. The number of benzene rings is 2. The lowest BCUT2D eigenvalue weighted by molar-refractivity contribution is 0.375. The molecular formula is C16H15NO3. The predicted octanol–water partition coefficient (Wildman–Crippen LogP) is 3.68. The van der Waals surface area contributed by atoms with Crippen molar-refractivity contribution in [3.63, 3.8) is 0 Å². The van der Waals surface area contributed by atoms with Crippen LogP contribution >= 0.6 is 0 Å². The summed E-state index contributed by atoms with van der Waals surface area (Å²) in [5.41, 5.74) is 1.51. The van der Waals surface area contributed by atoms with Crippen LogP contribution in [0.2, 0.25) is 0 Å². The van der Waals surface area contributed by atoms with E-state index in [9.17, 15) is 0 Å². The van der Waals surface area contributed by atoms with E-state index in [2.05, 4.69) is 6.07 Å². The number of nitrogens with zero attached hydrogens (tertiary/aromatic N) is 1. The Morgan fingerprint density at radius 2 is 1.70 bits per heavy atom. The number of nitriles is 1. The second kappa shape index (κ2) is 5.98. The number of methoxy groups -OCH3 is 2. The lowest BCUT2D eigenvalue weighted by Crippen LogP contribution is -1.94. The van der Waals surface area contributed by atoms with Gasteiger partial charge in [0.1, 0.15) is 17.6 Å². The number of hydrogen-bond donors (Lipinski definition) is 0. The first-order valence-corrected chi connectivity index (χ1v) is 6.08. The molecule has 0 fully saturated rings. The molecule has 2 aromatic rings. The molecule has 2 aromatic carbocycles. The molecule has 0 saturated carbocycles. The zero-order valence-corrected chi connectivity index (χ0v) is 11.6. The summed E-state index contributed by atoms with van der Waals surface area (Å²) in [6.07, 6.45) is 0. The van der Waals surface area contributed by atoms with Crippen molar-refractivity contribution in [2.45, 2.75) is 6.92 Å². The molecule has 0 amide bonds. The molecular weight excluding hydrogens is 254 g/mol. The second-order valence-corrected chi connectivity index (χ2v) is 4.23. The van der Waals surface area contributed by atoms with E-state index in [4.69, 9.17) is 19.5 Å². The molecule has 20 heavy (non-hydrogen) atoms. The number of ether oxygens (including phenoxy) is 3. The number of aryl methyl sites for hydroxylation is 1. The average molecular weight is 269 g/mol. The Balaban J connectivity index is 2.41. The predicted molar refractivity (Wildman–Crippen MR) is 75.5 cm³/mol. The Morgan fingerprint density at radius 1 is 0.900 bits per heavy atom. The van der Waals surface area contributed by atoms with Gasteiger partial charge in [-0.05, 0) is 36.8 Å². The average Bonchev–Trinajstić information content (AvgIpc) is 2.48. The van der Waals surface area contributed by atoms with E-state index >= 15 is 0 Å². The first-order chi connectivity index (χ1) is 9.67. The Hall–Kier alpha value is -2.67. The van der Waals surface area contributed by atoms with Gasteiger partial charge >= 0.3 is 0 Å². The van der Waals surface area contributed by atoms with Crippen LogP contribution in [-0.2, 0) is 0 Å². The molecule has 4 nitrogen and oxygen atoms in total. The monoisotopic (exact) mass is 269 g/mol. The summed E-state index contributed by atoms with van der Waals surface area (Å²) in [5, 5.41) is 9.13. The number of hydrogen-bond acceptors (Lipinski definition) is 4. The number of rotatable bonds is 4. The van der Waals surface area contributed by atoms with E-state index in [1.165, 1.54) is 0 Å². The molecule has 0 spiro atoms. The van der Waals surface area contributed by atoms with Gasteiger partial charge in [-0.25, -0.2) is 0 Å². The topological polar surface area (TPSA) is 51.5 Å². The first kappa shape index (κ1) is 13.8. The van der Waals surface area contributed by atoms with Crippen molar-refractivity contribution in [2.24, 2.45) is 0 Å². The van der Waals surface area contributed by atoms with Crippen LogP contribution in [0.1, 0.15) is 11.1 Å². The maximum atomic E-state index is 9.13. The van der Waals surface area contributed by atoms with E-state index in [1.54, 1.807) is 32.4 Å². The molecule has 2 rings (SSSR count). The molecule has 0 saturated heterocycles. The summed E-state index contributed by atoms with van der Waals surface area (Å²) in [4.78, 5) is 0. The lowest BCUT2D eigenvalue weighted by Gasteiger charge is -2.12. The second-order valence-electron chi connectivity index (χ2n) is 4.23. The third-order valence-corrected chi connectivity index (χ3v) is 2.85. The Labute approximate surface area is 118 Å². The van der Waals surface area contributed by atoms with Crippen molar-refractivity contribution in [3.05, 3.63) is 47.5 Å². The van der Waals surface area contributed by atoms with Gasteiger partial charge in [-0.3, -0.25) is 0 Å². The Bertz CT molecular complexity index is 659. The highest BCUT2D eigenvalue weighted by Gasteiger charge is 2.10. The van der Waals surface area contributed by atoms with Gasteiger partial charge in [-0.15, -0.1) is 0 Å². The van der Waals surface area contributed by atoms with Crippen LogP contribution in [0.4, 0.5) is 0 Å². The molecule has 0 N–H and O–H groups in total. The lowest BCUT2D eigenvalue weighted by atomic mass is 10.2. The molecule has 102 valence electrons. The molecule has 0 unspecified atom stereocenters. The van der Waals surface area contributed by atoms with Gasteiger partial charge in [0.15, 0.2) is 11.5 Å². The first-order valence-electron chi connectivity index (χ1n) is 6.08. The van der Waals surface area contributed by atoms with Gasteiger partial charge in [-0.1, -0.05) is 6.07 Å². The van der Waals surface area contributed by atoms with Gasteiger partial charge in [0.25, 0.3) is 0 Å². The standard InChI is InChI=1S/C16H15NO3/c1-11-4-7-14(16(8-11)19-3)20-15-9-13(18-2)6-5-12(15)10-17/h4-9H,1-3H3. The molecule has 0 radical (unpaired) electrons. The van der Waals surface area contributed by atoms with Gasteiger partial charge in [0.2, 0.25) is 0 Å². The Kier molecular flexibility index (Phi) is 4.11. The molecule has 0 aliphatic rings. The largest absolute Gasteiger partial charge is 0.497 e. The van der Waals surface area contributed by atoms with Crippen molar-refractivity contribution >= 4 is 0 Å². The maximum Gasteiger partial charge on any atom is 0.169 e. The minimum atomic E-state index is 0.438. The summed E-state index contributed by atoms with van der Waals surface area (Å²) in [7, 11) is 3.15. The highest BCUT2D eigenvalue weighted by molar-refractivity contribution is 5.52. The zero-order valence-electron chi connectivity index (χ0n) is 11.6. The molecule has 0 atom stereocenters. The zero-order chi connectivity index (χ0) is 14.5. The quantitative estimate of drug-likeness (QED) is 0.849. The van der Waals surface area contributed by atoms with Crippen LogP contribution in [0.5, 0.6) is 23.0 Å². The van der Waals surface area contributed by atoms with Crippen molar-refractivity contribution in [2.75, 3.05) is 14.2 Å². The molecule has 0 aromatic heterocycles. The third-order valence-electron chi connectivity index (χ3n) is 2.85. The van der Waals surface area contributed by atoms with Crippen LogP contribution in [0.15, 0.2) is 36.4 Å². The summed E-state index contributed by atoms with van der Waals surface area (Å²) in [6.45, 7) is 1.97. The van der Waals surface area contributed by atoms with E-state index in [0.29, 0.717) is 28.6 Å². The van der Waals surface area contributed by atoms with E-state index in [0.717, 1.165) is 5.56 Å². The van der Waals surface area contributed by atoms with Gasteiger partial charge < -0.3 is 14.2 Å². The highest BCUT2D eigenvalue weighted by Crippen LogP contribution is 2.35. The van der Waals surface area contributed by atoms with Crippen LogP contribution in [0, 0.1) is 18.3 Å². The summed E-state index contributed by atoms with van der Waals surface area (Å²) in [6, 6.07) is 12.8. The fraction of sp³-hybridized carbons (Fsp3) is 0.188. The molecule has 4 heteroatoms. The molecule has 0 heterocycles. The van der Waals surface area contributed by atoms with Gasteiger partial charge in [-0.2, -0.15) is 5.26 Å². The van der Waals surface area contributed by atoms with Crippen molar-refractivity contribution in [1.82, 2.24) is 0 Å². The van der Waals surface area contributed by atoms with Crippen LogP contribution in [0.25, 0.3) is 0 Å². The van der Waals surface area contributed by atoms with E-state index < -0.39 is 0 Å². The van der Waals surface area contributed by atoms with Crippen LogP contribution in [-0.4, -0.2) is 14.2 Å². The summed E-state index contributed by atoms with van der Waals surface area (Å²) in [5.74, 6) is 2.25. The van der Waals surface area contributed by atoms with Crippen LogP contribution < -0.4 is 14.2 Å². The van der Waals surface area contributed by atoms with E-state index in [-0.39, 0.29) is 0 Å².